The SMILES string of the molecule is CNc1cc(N2C[C@H](O)C[C@@H]2CNC(C)Cc2cnn(C)c2)ncn1. The number of aromatic nitrogens is 4. The number of aliphatic hydroxyl groups excluding tert-OH is 1. The summed E-state index contributed by atoms with van der Waals surface area (Å²) in [5, 5.41) is 20.9. The van der Waals surface area contributed by atoms with Gasteiger partial charge in [-0.05, 0) is 25.3 Å². The van der Waals surface area contributed by atoms with Crippen LogP contribution in [0.25, 0.3) is 0 Å². The molecule has 0 bridgehead atoms. The number of anilines is 2. The molecule has 8 nitrogen and oxygen atoms in total. The molecule has 2 aromatic rings. The first-order chi connectivity index (χ1) is 12.0. The lowest BCUT2D eigenvalue weighted by molar-refractivity contribution is 0.193. The maximum Gasteiger partial charge on any atom is 0.134 e. The highest BCUT2D eigenvalue weighted by Crippen LogP contribution is 2.25. The normalized spacial score (nSPS) is 21.5. The highest BCUT2D eigenvalue weighted by Gasteiger charge is 2.32. The van der Waals surface area contributed by atoms with Crippen LogP contribution in [-0.4, -0.2) is 63.2 Å². The van der Waals surface area contributed by atoms with Gasteiger partial charge in [0.2, 0.25) is 0 Å². The molecular formula is C17H27N7O. The Hall–Kier alpha value is -2.19. The number of nitrogens with zero attached hydrogens (tertiary/aromatic N) is 5. The average molecular weight is 345 g/mol. The van der Waals surface area contributed by atoms with Crippen LogP contribution in [0, 0.1) is 0 Å². The van der Waals surface area contributed by atoms with Crippen LogP contribution in [0.3, 0.4) is 0 Å². The fraction of sp³-hybridized carbons (Fsp3) is 0.588. The van der Waals surface area contributed by atoms with E-state index in [9.17, 15) is 5.11 Å². The zero-order chi connectivity index (χ0) is 17.8. The Morgan fingerprint density at radius 2 is 2.24 bits per heavy atom. The van der Waals surface area contributed by atoms with E-state index in [0.717, 1.165) is 31.0 Å². The van der Waals surface area contributed by atoms with Crippen LogP contribution in [0.15, 0.2) is 24.8 Å². The molecule has 3 N–H and O–H groups in total. The number of rotatable bonds is 7. The van der Waals surface area contributed by atoms with Gasteiger partial charge >= 0.3 is 0 Å². The third-order valence-corrected chi connectivity index (χ3v) is 4.60. The van der Waals surface area contributed by atoms with Crippen LogP contribution in [0.1, 0.15) is 18.9 Å². The van der Waals surface area contributed by atoms with Gasteiger partial charge in [-0.15, -0.1) is 0 Å². The lowest BCUT2D eigenvalue weighted by atomic mass is 10.1. The molecule has 1 saturated heterocycles. The molecule has 1 aliphatic heterocycles. The molecule has 0 spiro atoms. The third kappa shape index (κ3) is 4.46. The molecule has 3 heterocycles. The Kier molecular flexibility index (Phi) is 5.50. The van der Waals surface area contributed by atoms with Gasteiger partial charge in [-0.2, -0.15) is 5.10 Å². The molecule has 1 aliphatic rings. The standard InChI is InChI=1S/C17H27N7O/c1-12(4-13-7-22-23(3)9-13)19-8-14-5-15(25)10-24(14)17-6-16(18-2)20-11-21-17/h6-7,9,11-12,14-15,19,25H,4-5,8,10H2,1-3H3,(H,18,20,21)/t12?,14-,15-/m1/s1. The Morgan fingerprint density at radius 1 is 1.40 bits per heavy atom. The lowest BCUT2D eigenvalue weighted by Crippen LogP contribution is -2.42. The maximum absolute atomic E-state index is 10.1. The molecule has 8 heteroatoms. The third-order valence-electron chi connectivity index (χ3n) is 4.60. The zero-order valence-electron chi connectivity index (χ0n) is 15.1. The minimum Gasteiger partial charge on any atom is -0.391 e. The number of aliphatic hydroxyl groups is 1. The fourth-order valence-electron chi connectivity index (χ4n) is 3.35. The number of aryl methyl sites for hydroxylation is 1. The molecule has 3 rings (SSSR count). The summed E-state index contributed by atoms with van der Waals surface area (Å²) in [7, 11) is 3.77. The van der Waals surface area contributed by atoms with Crippen molar-refractivity contribution in [3.63, 3.8) is 0 Å². The molecule has 0 aliphatic carbocycles. The minimum atomic E-state index is -0.326. The molecule has 25 heavy (non-hydrogen) atoms. The van der Waals surface area contributed by atoms with Gasteiger partial charge in [0.05, 0.1) is 12.3 Å². The minimum absolute atomic E-state index is 0.214. The fourth-order valence-corrected chi connectivity index (χ4v) is 3.35. The smallest absolute Gasteiger partial charge is 0.134 e. The molecular weight excluding hydrogens is 318 g/mol. The van der Waals surface area contributed by atoms with Gasteiger partial charge in [0, 0.05) is 51.5 Å². The first-order valence-electron chi connectivity index (χ1n) is 8.70. The highest BCUT2D eigenvalue weighted by atomic mass is 16.3. The monoisotopic (exact) mass is 345 g/mol. The van der Waals surface area contributed by atoms with Crippen molar-refractivity contribution in [1.29, 1.82) is 0 Å². The van der Waals surface area contributed by atoms with Crippen molar-refractivity contribution in [2.24, 2.45) is 7.05 Å². The Morgan fingerprint density at radius 3 is 2.96 bits per heavy atom. The summed E-state index contributed by atoms with van der Waals surface area (Å²) in [5.74, 6) is 1.63. The lowest BCUT2D eigenvalue weighted by Gasteiger charge is -2.27. The first-order valence-corrected chi connectivity index (χ1v) is 8.70. The van der Waals surface area contributed by atoms with Crippen molar-refractivity contribution in [3.8, 4) is 0 Å². The highest BCUT2D eigenvalue weighted by molar-refractivity contribution is 5.49. The Balaban J connectivity index is 1.59. The topological polar surface area (TPSA) is 91.1 Å². The van der Waals surface area contributed by atoms with E-state index in [0.29, 0.717) is 12.6 Å². The van der Waals surface area contributed by atoms with Crippen molar-refractivity contribution in [1.82, 2.24) is 25.1 Å². The predicted octanol–water partition coefficient (Wildman–Crippen LogP) is 0.412. The van der Waals surface area contributed by atoms with Gasteiger partial charge in [0.25, 0.3) is 0 Å². The van der Waals surface area contributed by atoms with Crippen LogP contribution < -0.4 is 15.5 Å². The van der Waals surface area contributed by atoms with E-state index >= 15 is 0 Å². The number of β-amino-alcohol motifs (C(OH)–C–C–N with tert-alkyl or cyclic N) is 1. The average Bonchev–Trinajstić information content (AvgIpc) is 3.18. The summed E-state index contributed by atoms with van der Waals surface area (Å²) >= 11 is 0. The van der Waals surface area contributed by atoms with Crippen molar-refractivity contribution in [2.45, 2.75) is 38.0 Å². The number of hydrogen-bond donors (Lipinski definition) is 3. The second-order valence-corrected chi connectivity index (χ2v) is 6.74. The molecule has 0 radical (unpaired) electrons. The van der Waals surface area contributed by atoms with E-state index in [1.807, 2.05) is 37.2 Å². The van der Waals surface area contributed by atoms with E-state index in [1.54, 1.807) is 6.33 Å². The summed E-state index contributed by atoms with van der Waals surface area (Å²) in [6, 6.07) is 2.47. The molecule has 1 fully saturated rings. The van der Waals surface area contributed by atoms with E-state index in [1.165, 1.54) is 5.56 Å². The number of nitrogens with one attached hydrogen (secondary N) is 2. The Labute approximate surface area is 148 Å². The van der Waals surface area contributed by atoms with Gasteiger partial charge in [0.1, 0.15) is 18.0 Å². The van der Waals surface area contributed by atoms with E-state index in [2.05, 4.69) is 37.5 Å². The van der Waals surface area contributed by atoms with Crippen molar-refractivity contribution in [2.75, 3.05) is 30.4 Å². The van der Waals surface area contributed by atoms with Crippen LogP contribution in [0.2, 0.25) is 0 Å². The molecule has 0 aromatic carbocycles. The van der Waals surface area contributed by atoms with Crippen LogP contribution >= 0.6 is 0 Å². The maximum atomic E-state index is 10.1. The summed E-state index contributed by atoms with van der Waals surface area (Å²) in [6.45, 7) is 3.58. The molecule has 0 amide bonds. The van der Waals surface area contributed by atoms with Crippen LogP contribution in [0.5, 0.6) is 0 Å². The molecule has 0 saturated carbocycles. The molecule has 2 aromatic heterocycles. The molecule has 136 valence electrons. The van der Waals surface area contributed by atoms with Crippen LogP contribution in [-0.2, 0) is 13.5 Å². The molecule has 1 unspecified atom stereocenters. The van der Waals surface area contributed by atoms with Crippen molar-refractivity contribution in [3.05, 3.63) is 30.4 Å². The van der Waals surface area contributed by atoms with Gasteiger partial charge < -0.3 is 20.6 Å². The summed E-state index contributed by atoms with van der Waals surface area (Å²) in [4.78, 5) is 10.7. The van der Waals surface area contributed by atoms with Crippen LogP contribution in [0.4, 0.5) is 11.6 Å². The first kappa shape index (κ1) is 17.6. The van der Waals surface area contributed by atoms with Gasteiger partial charge in [-0.25, -0.2) is 9.97 Å². The summed E-state index contributed by atoms with van der Waals surface area (Å²) in [5.41, 5.74) is 1.22. The van der Waals surface area contributed by atoms with Gasteiger partial charge in [0.15, 0.2) is 0 Å². The van der Waals surface area contributed by atoms with Crippen molar-refractivity contribution < 1.29 is 5.11 Å². The summed E-state index contributed by atoms with van der Waals surface area (Å²) < 4.78 is 1.82. The largest absolute Gasteiger partial charge is 0.391 e. The van der Waals surface area contributed by atoms with Crippen molar-refractivity contribution >= 4 is 11.6 Å². The predicted molar refractivity (Wildman–Crippen MR) is 97.7 cm³/mol. The molecule has 3 atom stereocenters. The van der Waals surface area contributed by atoms with E-state index in [4.69, 9.17) is 0 Å². The second-order valence-electron chi connectivity index (χ2n) is 6.74. The van der Waals surface area contributed by atoms with E-state index < -0.39 is 0 Å². The second kappa shape index (κ2) is 7.79. The quantitative estimate of drug-likeness (QED) is 0.669. The zero-order valence-corrected chi connectivity index (χ0v) is 15.1. The van der Waals surface area contributed by atoms with Gasteiger partial charge in [-0.1, -0.05) is 0 Å². The number of hydrogen-bond acceptors (Lipinski definition) is 7. The van der Waals surface area contributed by atoms with Gasteiger partial charge in [-0.3, -0.25) is 4.68 Å². The van der Waals surface area contributed by atoms with E-state index in [-0.39, 0.29) is 12.1 Å². The summed E-state index contributed by atoms with van der Waals surface area (Å²) in [6.07, 6.45) is 6.86. The Bertz CT molecular complexity index is 689.